The summed E-state index contributed by atoms with van der Waals surface area (Å²) in [7, 11) is 3.66. The molecule has 1 rings (SSSR count). The van der Waals surface area contributed by atoms with E-state index in [1.54, 1.807) is 0 Å². The molecular formula is C12H17F3N4O. The molecule has 1 aromatic rings. The molecule has 0 aliphatic heterocycles. The van der Waals surface area contributed by atoms with Gasteiger partial charge in [0.1, 0.15) is 0 Å². The van der Waals surface area contributed by atoms with Gasteiger partial charge in [0.2, 0.25) is 0 Å². The Morgan fingerprint density at radius 2 is 2.00 bits per heavy atom. The van der Waals surface area contributed by atoms with Crippen molar-refractivity contribution in [2.75, 3.05) is 32.6 Å². The average molecular weight is 290 g/mol. The molecule has 1 amide bonds. The van der Waals surface area contributed by atoms with Crippen molar-refractivity contribution in [3.8, 4) is 0 Å². The number of anilines is 1. The summed E-state index contributed by atoms with van der Waals surface area (Å²) in [4.78, 5) is 13.6. The molecule has 0 saturated carbocycles. The Morgan fingerprint density at radius 3 is 2.50 bits per heavy atom. The number of alkyl halides is 3. The van der Waals surface area contributed by atoms with Gasteiger partial charge in [0.25, 0.3) is 5.91 Å². The summed E-state index contributed by atoms with van der Waals surface area (Å²) in [6.45, 7) is 0.949. The lowest BCUT2D eigenvalue weighted by Crippen LogP contribution is -2.31. The van der Waals surface area contributed by atoms with Crippen molar-refractivity contribution < 1.29 is 18.0 Å². The Morgan fingerprint density at radius 1 is 1.35 bits per heavy atom. The maximum absolute atomic E-state index is 12.8. The van der Waals surface area contributed by atoms with E-state index in [4.69, 9.17) is 5.84 Å². The fourth-order valence-electron chi connectivity index (χ4n) is 1.54. The maximum Gasteiger partial charge on any atom is 0.418 e. The predicted molar refractivity (Wildman–Crippen MR) is 70.1 cm³/mol. The monoisotopic (exact) mass is 290 g/mol. The lowest BCUT2D eigenvalue weighted by atomic mass is 10.1. The molecule has 0 unspecified atom stereocenters. The first-order valence-corrected chi connectivity index (χ1v) is 5.86. The van der Waals surface area contributed by atoms with Crippen LogP contribution < -0.4 is 16.6 Å². The minimum atomic E-state index is -4.58. The van der Waals surface area contributed by atoms with E-state index in [-0.39, 0.29) is 11.3 Å². The number of carbonyl (C=O) groups is 1. The number of nitrogens with two attached hydrogens (primary N) is 1. The topological polar surface area (TPSA) is 70.4 Å². The summed E-state index contributed by atoms with van der Waals surface area (Å²) >= 11 is 0. The summed E-state index contributed by atoms with van der Waals surface area (Å²) < 4.78 is 38.4. The molecule has 112 valence electrons. The third-order valence-corrected chi connectivity index (χ3v) is 2.59. The van der Waals surface area contributed by atoms with Crippen molar-refractivity contribution in [1.82, 2.24) is 10.2 Å². The SMILES string of the molecule is CN(C)CCNC(=O)c1ccc(NN)c(C(F)(F)F)c1. The van der Waals surface area contributed by atoms with Crippen LogP contribution in [0.4, 0.5) is 18.9 Å². The smallest absolute Gasteiger partial charge is 0.351 e. The van der Waals surface area contributed by atoms with Crippen molar-refractivity contribution in [1.29, 1.82) is 0 Å². The second-order valence-corrected chi connectivity index (χ2v) is 4.46. The van der Waals surface area contributed by atoms with E-state index in [1.165, 1.54) is 6.07 Å². The quantitative estimate of drug-likeness (QED) is 0.564. The minimum absolute atomic E-state index is 0.0601. The number of nitrogen functional groups attached to an aromatic ring is 1. The fraction of sp³-hybridized carbons (Fsp3) is 0.417. The fourth-order valence-corrected chi connectivity index (χ4v) is 1.54. The average Bonchev–Trinajstić information content (AvgIpc) is 2.36. The number of hydrogen-bond donors (Lipinski definition) is 3. The molecule has 8 heteroatoms. The van der Waals surface area contributed by atoms with Crippen molar-refractivity contribution in [2.24, 2.45) is 5.84 Å². The van der Waals surface area contributed by atoms with Crippen LogP contribution in [0.5, 0.6) is 0 Å². The molecular weight excluding hydrogens is 273 g/mol. The van der Waals surface area contributed by atoms with Gasteiger partial charge in [-0.15, -0.1) is 0 Å². The zero-order valence-electron chi connectivity index (χ0n) is 11.2. The number of hydrazine groups is 1. The number of nitrogens with zero attached hydrogens (tertiary/aromatic N) is 1. The van der Waals surface area contributed by atoms with Crippen LogP contribution in [-0.2, 0) is 6.18 Å². The number of likely N-dealkylation sites (N-methyl/N-ethyl adjacent to an activating group) is 1. The number of rotatable bonds is 5. The second-order valence-electron chi connectivity index (χ2n) is 4.46. The van der Waals surface area contributed by atoms with Crippen molar-refractivity contribution >= 4 is 11.6 Å². The van der Waals surface area contributed by atoms with E-state index in [2.05, 4.69) is 5.32 Å². The molecule has 20 heavy (non-hydrogen) atoms. The van der Waals surface area contributed by atoms with Crippen LogP contribution in [-0.4, -0.2) is 38.0 Å². The van der Waals surface area contributed by atoms with Gasteiger partial charge in [0.15, 0.2) is 0 Å². The predicted octanol–water partition coefficient (Wildman–Crippen LogP) is 1.28. The Hall–Kier alpha value is -1.80. The van der Waals surface area contributed by atoms with Crippen LogP contribution in [0, 0.1) is 0 Å². The number of benzene rings is 1. The standard InChI is InChI=1S/C12H17F3N4O/c1-19(2)6-5-17-11(20)8-3-4-10(18-16)9(7-8)12(13,14)15/h3-4,7,18H,5-6,16H2,1-2H3,(H,17,20). The van der Waals surface area contributed by atoms with Gasteiger partial charge in [0.05, 0.1) is 11.3 Å². The molecule has 0 spiro atoms. The summed E-state index contributed by atoms with van der Waals surface area (Å²) in [5, 5.41) is 2.55. The van der Waals surface area contributed by atoms with E-state index in [1.807, 2.05) is 24.4 Å². The van der Waals surface area contributed by atoms with Gasteiger partial charge in [0, 0.05) is 18.7 Å². The van der Waals surface area contributed by atoms with Crippen LogP contribution in [0.2, 0.25) is 0 Å². The third-order valence-electron chi connectivity index (χ3n) is 2.59. The van der Waals surface area contributed by atoms with Gasteiger partial charge in [-0.05, 0) is 32.3 Å². The molecule has 0 heterocycles. The lowest BCUT2D eigenvalue weighted by molar-refractivity contribution is -0.137. The van der Waals surface area contributed by atoms with Gasteiger partial charge in [-0.3, -0.25) is 10.6 Å². The Kier molecular flexibility index (Phi) is 5.34. The highest BCUT2D eigenvalue weighted by Gasteiger charge is 2.34. The molecule has 1 aromatic carbocycles. The van der Waals surface area contributed by atoms with E-state index in [9.17, 15) is 18.0 Å². The largest absolute Gasteiger partial charge is 0.418 e. The van der Waals surface area contributed by atoms with Crippen molar-refractivity contribution in [2.45, 2.75) is 6.18 Å². The Balaban J connectivity index is 2.89. The molecule has 4 N–H and O–H groups in total. The van der Waals surface area contributed by atoms with Crippen molar-refractivity contribution in [3.63, 3.8) is 0 Å². The molecule has 0 radical (unpaired) electrons. The highest BCUT2D eigenvalue weighted by Crippen LogP contribution is 2.35. The van der Waals surface area contributed by atoms with Crippen LogP contribution in [0.25, 0.3) is 0 Å². The maximum atomic E-state index is 12.8. The first-order valence-electron chi connectivity index (χ1n) is 5.86. The highest BCUT2D eigenvalue weighted by atomic mass is 19.4. The summed E-state index contributed by atoms with van der Waals surface area (Å²) in [5.74, 6) is 4.48. The second kappa shape index (κ2) is 6.58. The zero-order valence-corrected chi connectivity index (χ0v) is 11.2. The Bertz CT molecular complexity index is 474. The Labute approximate surface area is 114 Å². The van der Waals surface area contributed by atoms with Gasteiger partial charge in [-0.1, -0.05) is 0 Å². The van der Waals surface area contributed by atoms with E-state index < -0.39 is 17.6 Å². The molecule has 0 fully saturated rings. The van der Waals surface area contributed by atoms with Crippen LogP contribution in [0.15, 0.2) is 18.2 Å². The summed E-state index contributed by atoms with van der Waals surface area (Å²) in [6, 6.07) is 3.19. The van der Waals surface area contributed by atoms with Gasteiger partial charge in [-0.25, -0.2) is 0 Å². The van der Waals surface area contributed by atoms with Gasteiger partial charge in [-0.2, -0.15) is 13.2 Å². The number of carbonyl (C=O) groups excluding carboxylic acids is 1. The molecule has 0 bridgehead atoms. The first kappa shape index (κ1) is 16.3. The molecule has 0 saturated heterocycles. The molecule has 0 aliphatic rings. The van der Waals surface area contributed by atoms with Crippen LogP contribution in [0.3, 0.4) is 0 Å². The van der Waals surface area contributed by atoms with E-state index >= 15 is 0 Å². The first-order chi connectivity index (χ1) is 9.25. The van der Waals surface area contributed by atoms with Crippen molar-refractivity contribution in [3.05, 3.63) is 29.3 Å². The van der Waals surface area contributed by atoms with E-state index in [0.29, 0.717) is 13.1 Å². The van der Waals surface area contributed by atoms with Gasteiger partial charge >= 0.3 is 6.18 Å². The number of halogens is 3. The van der Waals surface area contributed by atoms with Crippen LogP contribution in [0.1, 0.15) is 15.9 Å². The van der Waals surface area contributed by atoms with Gasteiger partial charge < -0.3 is 15.6 Å². The lowest BCUT2D eigenvalue weighted by Gasteiger charge is -2.14. The normalized spacial score (nSPS) is 11.6. The zero-order chi connectivity index (χ0) is 15.3. The third kappa shape index (κ3) is 4.39. The highest BCUT2D eigenvalue weighted by molar-refractivity contribution is 5.95. The molecule has 0 aromatic heterocycles. The molecule has 0 atom stereocenters. The van der Waals surface area contributed by atoms with Crippen LogP contribution >= 0.6 is 0 Å². The number of nitrogens with one attached hydrogen (secondary N) is 2. The molecule has 5 nitrogen and oxygen atoms in total. The number of amides is 1. The summed E-state index contributed by atoms with van der Waals surface area (Å²) in [5.41, 5.74) is 0.660. The minimum Gasteiger partial charge on any atom is -0.351 e. The molecule has 0 aliphatic carbocycles. The van der Waals surface area contributed by atoms with E-state index in [0.717, 1.165) is 12.1 Å². The summed E-state index contributed by atoms with van der Waals surface area (Å²) in [6.07, 6.45) is -4.58. The number of hydrogen-bond acceptors (Lipinski definition) is 4.